The number of urea groups is 1. The van der Waals surface area contributed by atoms with Crippen LogP contribution in [0.4, 0.5) is 10.5 Å². The molecule has 3 rings (SSSR count). The number of ether oxygens (including phenoxy) is 1. The van der Waals surface area contributed by atoms with Gasteiger partial charge in [0, 0.05) is 37.5 Å². The van der Waals surface area contributed by atoms with Gasteiger partial charge in [-0.25, -0.2) is 4.79 Å². The molecule has 0 saturated carbocycles. The van der Waals surface area contributed by atoms with E-state index in [-0.39, 0.29) is 17.7 Å². The first kappa shape index (κ1) is 17.1. The van der Waals surface area contributed by atoms with Gasteiger partial charge < -0.3 is 19.5 Å². The third-order valence-electron chi connectivity index (χ3n) is 4.48. The molecule has 0 aliphatic carbocycles. The third kappa shape index (κ3) is 4.02. The molecule has 25 heavy (non-hydrogen) atoms. The molecule has 132 valence electrons. The average molecular weight is 341 g/mol. The van der Waals surface area contributed by atoms with Crippen molar-refractivity contribution < 1.29 is 9.53 Å². The van der Waals surface area contributed by atoms with Crippen molar-refractivity contribution in [3.05, 3.63) is 58.0 Å². The molecule has 6 nitrogen and oxygen atoms in total. The highest BCUT2D eigenvalue weighted by Gasteiger charge is 2.28. The maximum absolute atomic E-state index is 12.4. The molecule has 1 unspecified atom stereocenters. The van der Waals surface area contributed by atoms with Crippen molar-refractivity contribution in [3.8, 4) is 5.75 Å². The number of hydrogen-bond acceptors (Lipinski definition) is 3. The van der Waals surface area contributed by atoms with Gasteiger partial charge in [0.05, 0.1) is 6.54 Å². The van der Waals surface area contributed by atoms with Crippen LogP contribution in [0.1, 0.15) is 17.7 Å². The molecule has 1 fully saturated rings. The van der Waals surface area contributed by atoms with E-state index in [4.69, 9.17) is 4.74 Å². The number of rotatable bonds is 3. The highest BCUT2D eigenvalue weighted by Crippen LogP contribution is 2.19. The van der Waals surface area contributed by atoms with E-state index in [0.717, 1.165) is 23.4 Å². The molecule has 2 amide bonds. The Bertz CT molecular complexity index is 844. The molecule has 0 spiro atoms. The van der Waals surface area contributed by atoms with Crippen LogP contribution < -0.4 is 15.6 Å². The summed E-state index contributed by atoms with van der Waals surface area (Å²) in [5.74, 6) is 0.562. The number of hydrogen-bond donors (Lipinski definition) is 1. The van der Waals surface area contributed by atoms with Crippen molar-refractivity contribution in [2.24, 2.45) is 7.05 Å². The number of carbonyl (C=O) groups is 1. The maximum Gasteiger partial charge on any atom is 0.321 e. The van der Waals surface area contributed by atoms with Gasteiger partial charge in [-0.15, -0.1) is 0 Å². The van der Waals surface area contributed by atoms with Crippen LogP contribution in [0, 0.1) is 13.8 Å². The minimum atomic E-state index is -0.128. The number of nitrogens with zero attached hydrogens (tertiary/aromatic N) is 2. The van der Waals surface area contributed by atoms with Crippen molar-refractivity contribution in [1.29, 1.82) is 0 Å². The molecule has 1 aliphatic heterocycles. The predicted molar refractivity (Wildman–Crippen MR) is 97.2 cm³/mol. The molecular formula is C19H23N3O3. The van der Waals surface area contributed by atoms with Gasteiger partial charge in [-0.2, -0.15) is 0 Å². The minimum absolute atomic E-state index is 0.0953. The predicted octanol–water partition coefficient (Wildman–Crippen LogP) is 2.69. The van der Waals surface area contributed by atoms with Gasteiger partial charge in [0.1, 0.15) is 11.9 Å². The largest absolute Gasteiger partial charge is 0.488 e. The van der Waals surface area contributed by atoms with Crippen molar-refractivity contribution in [2.45, 2.75) is 26.4 Å². The lowest BCUT2D eigenvalue weighted by molar-refractivity contribution is 0.194. The highest BCUT2D eigenvalue weighted by atomic mass is 16.5. The topological polar surface area (TPSA) is 63.6 Å². The average Bonchev–Trinajstić information content (AvgIpc) is 3.01. The second-order valence-electron chi connectivity index (χ2n) is 6.50. The zero-order valence-electron chi connectivity index (χ0n) is 14.8. The molecule has 1 aromatic carbocycles. The highest BCUT2D eigenvalue weighted by molar-refractivity contribution is 5.89. The normalized spacial score (nSPS) is 16.8. The second kappa shape index (κ2) is 7.01. The first-order valence-electron chi connectivity index (χ1n) is 8.39. The van der Waals surface area contributed by atoms with Crippen molar-refractivity contribution >= 4 is 11.7 Å². The van der Waals surface area contributed by atoms with Crippen molar-refractivity contribution in [1.82, 2.24) is 9.47 Å². The monoisotopic (exact) mass is 341 g/mol. The number of benzene rings is 1. The van der Waals surface area contributed by atoms with E-state index in [1.165, 1.54) is 6.07 Å². The van der Waals surface area contributed by atoms with Gasteiger partial charge in [-0.1, -0.05) is 12.1 Å². The summed E-state index contributed by atoms with van der Waals surface area (Å²) in [5.41, 5.74) is 2.63. The summed E-state index contributed by atoms with van der Waals surface area (Å²) < 4.78 is 7.48. The van der Waals surface area contributed by atoms with Gasteiger partial charge in [-0.3, -0.25) is 4.79 Å². The first-order valence-corrected chi connectivity index (χ1v) is 8.39. The SMILES string of the molecule is Cc1cccc(NC(=O)N2CCC(Oc3cc(C)n(C)c(=O)c3)C2)c1. The summed E-state index contributed by atoms with van der Waals surface area (Å²) in [6.07, 6.45) is 0.643. The Morgan fingerprint density at radius 3 is 2.76 bits per heavy atom. The van der Waals surface area contributed by atoms with Gasteiger partial charge in [0.2, 0.25) is 0 Å². The van der Waals surface area contributed by atoms with Crippen LogP contribution in [0.2, 0.25) is 0 Å². The Morgan fingerprint density at radius 1 is 1.24 bits per heavy atom. The van der Waals surface area contributed by atoms with Crippen molar-refractivity contribution in [2.75, 3.05) is 18.4 Å². The molecule has 2 aromatic rings. The number of carbonyl (C=O) groups excluding carboxylic acids is 1. The molecule has 1 aromatic heterocycles. The smallest absolute Gasteiger partial charge is 0.321 e. The van der Waals surface area contributed by atoms with E-state index in [1.807, 2.05) is 44.2 Å². The Balaban J connectivity index is 1.60. The number of pyridine rings is 1. The summed E-state index contributed by atoms with van der Waals surface area (Å²) in [6, 6.07) is 10.9. The van der Waals surface area contributed by atoms with Crippen LogP contribution in [0.15, 0.2) is 41.2 Å². The summed E-state index contributed by atoms with van der Waals surface area (Å²) in [4.78, 5) is 26.0. The fraction of sp³-hybridized carbons (Fsp3) is 0.368. The molecular weight excluding hydrogens is 318 g/mol. The molecule has 1 aliphatic rings. The number of nitrogens with one attached hydrogen (secondary N) is 1. The molecule has 1 N–H and O–H groups in total. The van der Waals surface area contributed by atoms with Gasteiger partial charge in [0.15, 0.2) is 0 Å². The molecule has 1 saturated heterocycles. The molecule has 2 heterocycles. The molecule has 1 atom stereocenters. The first-order chi connectivity index (χ1) is 11.9. The minimum Gasteiger partial charge on any atom is -0.488 e. The number of anilines is 1. The molecule has 0 radical (unpaired) electrons. The van der Waals surface area contributed by atoms with Crippen LogP contribution >= 0.6 is 0 Å². The quantitative estimate of drug-likeness (QED) is 0.933. The summed E-state index contributed by atoms with van der Waals surface area (Å²) in [6.45, 7) is 4.99. The van der Waals surface area contributed by atoms with Crippen LogP contribution in [-0.4, -0.2) is 34.7 Å². The Morgan fingerprint density at radius 2 is 2.04 bits per heavy atom. The number of aromatic nitrogens is 1. The third-order valence-corrected chi connectivity index (χ3v) is 4.48. The fourth-order valence-corrected chi connectivity index (χ4v) is 2.93. The van der Waals surface area contributed by atoms with Gasteiger partial charge in [0.25, 0.3) is 5.56 Å². The molecule has 0 bridgehead atoms. The maximum atomic E-state index is 12.4. The summed E-state index contributed by atoms with van der Waals surface area (Å²) in [7, 11) is 1.73. The van der Waals surface area contributed by atoms with E-state index in [2.05, 4.69) is 5.32 Å². The van der Waals surface area contributed by atoms with E-state index in [0.29, 0.717) is 18.8 Å². The lowest BCUT2D eigenvalue weighted by atomic mass is 10.2. The Labute approximate surface area is 147 Å². The lowest BCUT2D eigenvalue weighted by Gasteiger charge is -2.18. The lowest BCUT2D eigenvalue weighted by Crippen LogP contribution is -2.34. The number of amides is 2. The Hall–Kier alpha value is -2.76. The second-order valence-corrected chi connectivity index (χ2v) is 6.50. The zero-order valence-corrected chi connectivity index (χ0v) is 14.8. The van der Waals surface area contributed by atoms with Crippen LogP contribution in [-0.2, 0) is 7.05 Å². The van der Waals surface area contributed by atoms with Crippen LogP contribution in [0.25, 0.3) is 0 Å². The summed E-state index contributed by atoms with van der Waals surface area (Å²) >= 11 is 0. The van der Waals surface area contributed by atoms with Crippen LogP contribution in [0.3, 0.4) is 0 Å². The van der Waals surface area contributed by atoms with E-state index in [1.54, 1.807) is 16.5 Å². The zero-order chi connectivity index (χ0) is 18.0. The number of likely N-dealkylation sites (tertiary alicyclic amines) is 1. The summed E-state index contributed by atoms with van der Waals surface area (Å²) in [5, 5.41) is 2.91. The van der Waals surface area contributed by atoms with Gasteiger partial charge in [-0.05, 0) is 37.6 Å². The standard InChI is InChI=1S/C19H23N3O3/c1-13-5-4-6-15(9-13)20-19(24)22-8-7-16(12-22)25-17-10-14(2)21(3)18(23)11-17/h4-6,9-11,16H,7-8,12H2,1-3H3,(H,20,24). The van der Waals surface area contributed by atoms with Crippen LogP contribution in [0.5, 0.6) is 5.75 Å². The van der Waals surface area contributed by atoms with E-state index < -0.39 is 0 Å². The van der Waals surface area contributed by atoms with E-state index in [9.17, 15) is 9.59 Å². The number of aryl methyl sites for hydroxylation is 2. The van der Waals surface area contributed by atoms with Crippen molar-refractivity contribution in [3.63, 3.8) is 0 Å². The Kier molecular flexibility index (Phi) is 4.79. The molecule has 6 heteroatoms. The fourth-order valence-electron chi connectivity index (χ4n) is 2.93. The van der Waals surface area contributed by atoms with Gasteiger partial charge >= 0.3 is 6.03 Å². The van der Waals surface area contributed by atoms with E-state index >= 15 is 0 Å².